The topological polar surface area (TPSA) is 135 Å². The minimum Gasteiger partial charge on any atom is -0.383 e. The molecule has 2 heterocycles. The standard InChI is InChI=1S/C23H23N7O2/c1-13-5-6-16(23(32)28-17-7-8-17)10-19(13)30-21(24)18(11-27-30)20(31)14-3-2-4-15(9-14)22-25-12-26-29-22/h2-6,9-12,17,23,28,32H,7-8,24H2,1H3,(H,25,26,29). The third-order valence-electron chi connectivity index (χ3n) is 5.61. The van der Waals surface area contributed by atoms with E-state index in [0.29, 0.717) is 28.7 Å². The lowest BCUT2D eigenvalue weighted by Crippen LogP contribution is -2.23. The number of nitrogen functional groups attached to an aromatic ring is 1. The first-order valence-corrected chi connectivity index (χ1v) is 10.4. The largest absolute Gasteiger partial charge is 0.383 e. The van der Waals surface area contributed by atoms with Gasteiger partial charge in [-0.05, 0) is 43.0 Å². The van der Waals surface area contributed by atoms with Crippen molar-refractivity contribution in [1.82, 2.24) is 30.3 Å². The van der Waals surface area contributed by atoms with Gasteiger partial charge < -0.3 is 10.8 Å². The number of ketones is 1. The number of nitrogens with one attached hydrogen (secondary N) is 2. The summed E-state index contributed by atoms with van der Waals surface area (Å²) in [5, 5.41) is 24.7. The first kappa shape index (κ1) is 20.1. The minimum absolute atomic E-state index is 0.237. The summed E-state index contributed by atoms with van der Waals surface area (Å²) in [7, 11) is 0. The van der Waals surface area contributed by atoms with E-state index in [0.717, 1.165) is 29.5 Å². The average Bonchev–Trinajstić information content (AvgIpc) is 3.29. The van der Waals surface area contributed by atoms with Gasteiger partial charge in [-0.2, -0.15) is 10.2 Å². The van der Waals surface area contributed by atoms with Crippen LogP contribution in [-0.2, 0) is 0 Å². The summed E-state index contributed by atoms with van der Waals surface area (Å²) >= 11 is 0. The predicted molar refractivity (Wildman–Crippen MR) is 119 cm³/mol. The highest BCUT2D eigenvalue weighted by atomic mass is 16.3. The van der Waals surface area contributed by atoms with Crippen LogP contribution in [0.25, 0.3) is 17.1 Å². The van der Waals surface area contributed by atoms with E-state index >= 15 is 0 Å². The Bertz CT molecular complexity index is 1280. The van der Waals surface area contributed by atoms with Crippen molar-refractivity contribution >= 4 is 11.6 Å². The Morgan fingerprint density at radius 2 is 2.12 bits per heavy atom. The van der Waals surface area contributed by atoms with Gasteiger partial charge in [0.25, 0.3) is 0 Å². The smallest absolute Gasteiger partial charge is 0.198 e. The quantitative estimate of drug-likeness (QED) is 0.262. The summed E-state index contributed by atoms with van der Waals surface area (Å²) in [6.45, 7) is 1.93. The monoisotopic (exact) mass is 429 g/mol. The van der Waals surface area contributed by atoms with E-state index in [1.54, 1.807) is 18.2 Å². The minimum atomic E-state index is -0.765. The molecule has 1 aliphatic rings. The number of anilines is 1. The fraction of sp³-hybridized carbons (Fsp3) is 0.217. The van der Waals surface area contributed by atoms with E-state index in [4.69, 9.17) is 5.73 Å². The Morgan fingerprint density at radius 1 is 1.28 bits per heavy atom. The van der Waals surface area contributed by atoms with Crippen molar-refractivity contribution in [1.29, 1.82) is 0 Å². The summed E-state index contributed by atoms with van der Waals surface area (Å²) in [6.07, 6.45) is 4.28. The van der Waals surface area contributed by atoms with Gasteiger partial charge in [-0.15, -0.1) is 0 Å². The molecule has 1 saturated carbocycles. The summed E-state index contributed by atoms with van der Waals surface area (Å²) in [5.74, 6) is 0.582. The highest BCUT2D eigenvalue weighted by Crippen LogP contribution is 2.27. The Morgan fingerprint density at radius 3 is 2.88 bits per heavy atom. The normalized spacial score (nSPS) is 14.4. The number of aryl methyl sites for hydroxylation is 1. The van der Waals surface area contributed by atoms with E-state index in [1.807, 2.05) is 31.2 Å². The molecule has 1 unspecified atom stereocenters. The molecule has 32 heavy (non-hydrogen) atoms. The van der Waals surface area contributed by atoms with E-state index in [1.165, 1.54) is 17.2 Å². The molecule has 5 rings (SSSR count). The van der Waals surface area contributed by atoms with Gasteiger partial charge in [-0.1, -0.05) is 30.3 Å². The van der Waals surface area contributed by atoms with Crippen molar-refractivity contribution in [2.45, 2.75) is 32.0 Å². The van der Waals surface area contributed by atoms with Gasteiger partial charge >= 0.3 is 0 Å². The molecular weight excluding hydrogens is 406 g/mol. The fourth-order valence-electron chi connectivity index (χ4n) is 3.63. The van der Waals surface area contributed by atoms with E-state index < -0.39 is 6.23 Å². The zero-order valence-corrected chi connectivity index (χ0v) is 17.5. The molecule has 1 atom stereocenters. The second-order valence-electron chi connectivity index (χ2n) is 7.99. The number of nitrogens with two attached hydrogens (primary N) is 1. The zero-order valence-electron chi connectivity index (χ0n) is 17.5. The van der Waals surface area contributed by atoms with Crippen LogP contribution in [0.4, 0.5) is 5.82 Å². The van der Waals surface area contributed by atoms with E-state index in [-0.39, 0.29) is 11.6 Å². The van der Waals surface area contributed by atoms with Crippen LogP contribution in [0, 0.1) is 6.92 Å². The van der Waals surface area contributed by atoms with Crippen molar-refractivity contribution in [3.05, 3.63) is 77.2 Å². The van der Waals surface area contributed by atoms with Gasteiger partial charge in [0.05, 0.1) is 17.4 Å². The number of aromatic amines is 1. The molecule has 2 aromatic heterocycles. The number of aliphatic hydroxyl groups excluding tert-OH is 1. The maximum atomic E-state index is 13.2. The fourth-order valence-corrected chi connectivity index (χ4v) is 3.63. The van der Waals surface area contributed by atoms with Crippen molar-refractivity contribution < 1.29 is 9.90 Å². The van der Waals surface area contributed by atoms with Gasteiger partial charge in [-0.25, -0.2) is 9.67 Å². The SMILES string of the molecule is Cc1ccc(C(O)NC2CC2)cc1-n1ncc(C(=O)c2cccc(-c3ncn[nH]3)c2)c1N. The van der Waals surface area contributed by atoms with Crippen molar-refractivity contribution in [2.75, 3.05) is 5.73 Å². The summed E-state index contributed by atoms with van der Waals surface area (Å²) < 4.78 is 1.54. The van der Waals surface area contributed by atoms with Crippen molar-refractivity contribution in [2.24, 2.45) is 0 Å². The van der Waals surface area contributed by atoms with Crippen LogP contribution in [0.5, 0.6) is 0 Å². The lowest BCUT2D eigenvalue weighted by atomic mass is 10.0. The number of nitrogens with zero attached hydrogens (tertiary/aromatic N) is 4. The van der Waals surface area contributed by atoms with Crippen LogP contribution < -0.4 is 11.1 Å². The second-order valence-corrected chi connectivity index (χ2v) is 7.99. The van der Waals surface area contributed by atoms with Gasteiger partial charge in [0.1, 0.15) is 18.4 Å². The molecule has 0 aliphatic heterocycles. The maximum absolute atomic E-state index is 13.2. The highest BCUT2D eigenvalue weighted by Gasteiger charge is 2.25. The number of carbonyl (C=O) groups is 1. The predicted octanol–water partition coefficient (Wildman–Crippen LogP) is 2.52. The van der Waals surface area contributed by atoms with Gasteiger partial charge in [0, 0.05) is 17.2 Å². The summed E-state index contributed by atoms with van der Waals surface area (Å²) in [6, 6.07) is 13.1. The van der Waals surface area contributed by atoms with Crippen LogP contribution in [-0.4, -0.2) is 41.9 Å². The number of aliphatic hydroxyl groups is 1. The number of rotatable bonds is 7. The molecule has 0 amide bonds. The van der Waals surface area contributed by atoms with Crippen molar-refractivity contribution in [3.8, 4) is 17.1 Å². The number of aromatic nitrogens is 5. The lowest BCUT2D eigenvalue weighted by molar-refractivity contribution is 0.103. The molecule has 9 nitrogen and oxygen atoms in total. The number of hydrogen-bond donors (Lipinski definition) is 4. The molecule has 5 N–H and O–H groups in total. The zero-order chi connectivity index (χ0) is 22.2. The molecule has 2 aromatic carbocycles. The van der Waals surface area contributed by atoms with Gasteiger partial charge in [-0.3, -0.25) is 15.2 Å². The Labute approximate surface area is 184 Å². The Kier molecular flexibility index (Phi) is 5.04. The lowest BCUT2D eigenvalue weighted by Gasteiger charge is -2.16. The molecule has 0 bridgehead atoms. The van der Waals surface area contributed by atoms with Crippen LogP contribution in [0.2, 0.25) is 0 Å². The molecule has 9 heteroatoms. The van der Waals surface area contributed by atoms with Crippen LogP contribution in [0.3, 0.4) is 0 Å². The highest BCUT2D eigenvalue weighted by molar-refractivity contribution is 6.12. The first-order valence-electron chi connectivity index (χ1n) is 10.4. The van der Waals surface area contributed by atoms with Crippen LogP contribution in [0.15, 0.2) is 55.0 Å². The van der Waals surface area contributed by atoms with E-state index in [2.05, 4.69) is 25.6 Å². The molecule has 0 radical (unpaired) electrons. The molecule has 1 fully saturated rings. The van der Waals surface area contributed by atoms with Crippen LogP contribution in [0.1, 0.15) is 46.1 Å². The molecule has 1 aliphatic carbocycles. The van der Waals surface area contributed by atoms with Crippen LogP contribution >= 0.6 is 0 Å². The number of hydrogen-bond acceptors (Lipinski definition) is 7. The second kappa shape index (κ2) is 8.03. The summed E-state index contributed by atoms with van der Waals surface area (Å²) in [5.41, 5.74) is 10.3. The molecule has 0 spiro atoms. The Balaban J connectivity index is 1.46. The first-order chi connectivity index (χ1) is 15.5. The van der Waals surface area contributed by atoms with Gasteiger partial charge in [0.15, 0.2) is 11.6 Å². The average molecular weight is 429 g/mol. The summed E-state index contributed by atoms with van der Waals surface area (Å²) in [4.78, 5) is 17.3. The van der Waals surface area contributed by atoms with E-state index in [9.17, 15) is 9.90 Å². The third-order valence-corrected chi connectivity index (χ3v) is 5.61. The number of carbonyl (C=O) groups excluding carboxylic acids is 1. The van der Waals surface area contributed by atoms with Gasteiger partial charge in [0.2, 0.25) is 0 Å². The third kappa shape index (κ3) is 3.79. The Hall–Kier alpha value is -3.82. The van der Waals surface area contributed by atoms with Crippen molar-refractivity contribution in [3.63, 3.8) is 0 Å². The molecule has 162 valence electrons. The molecule has 4 aromatic rings. The molecular formula is C23H23N7O2. The molecule has 0 saturated heterocycles. The number of H-pyrrole nitrogens is 1. The maximum Gasteiger partial charge on any atom is 0.198 e. The number of benzene rings is 2.